The lowest BCUT2D eigenvalue weighted by Crippen LogP contribution is -2.29. The fourth-order valence-corrected chi connectivity index (χ4v) is 4.21. The van der Waals surface area contributed by atoms with Gasteiger partial charge >= 0.3 is 5.97 Å². The summed E-state index contributed by atoms with van der Waals surface area (Å²) in [6.45, 7) is 2.02. The Kier molecular flexibility index (Phi) is 4.94. The average molecular weight is 439 g/mol. The van der Waals surface area contributed by atoms with E-state index in [0.717, 1.165) is 22.3 Å². The van der Waals surface area contributed by atoms with Gasteiger partial charge in [-0.1, -0.05) is 42.0 Å². The highest BCUT2D eigenvalue weighted by Crippen LogP contribution is 2.45. The quantitative estimate of drug-likeness (QED) is 0.464. The maximum atomic E-state index is 13.5. The number of nitrogens with one attached hydrogen (secondary N) is 1. The number of H-pyrrole nitrogens is 1. The maximum absolute atomic E-state index is 13.5. The predicted octanol–water partition coefficient (Wildman–Crippen LogP) is 4.84. The fourth-order valence-electron chi connectivity index (χ4n) is 4.21. The van der Waals surface area contributed by atoms with Gasteiger partial charge in [0.25, 0.3) is 5.91 Å². The molecule has 1 amide bonds. The Morgan fingerprint density at radius 3 is 2.27 bits per heavy atom. The van der Waals surface area contributed by atoms with E-state index in [2.05, 4.69) is 10.2 Å². The summed E-state index contributed by atoms with van der Waals surface area (Å²) in [5, 5.41) is 16.7. The predicted molar refractivity (Wildman–Crippen MR) is 124 cm³/mol. The summed E-state index contributed by atoms with van der Waals surface area (Å²) < 4.78 is 5.30. The molecule has 5 rings (SSSR count). The SMILES string of the molecule is COc1ccc(C2c3c(-c4ccc(C)cc4)n[nH]c3C(=O)N2c2ccc(C(=O)O)cc2)cc1. The first-order valence-electron chi connectivity index (χ1n) is 10.4. The van der Waals surface area contributed by atoms with Crippen LogP contribution in [0.5, 0.6) is 5.75 Å². The highest BCUT2D eigenvalue weighted by atomic mass is 16.5. The second-order valence-electron chi connectivity index (χ2n) is 7.93. The van der Waals surface area contributed by atoms with Gasteiger partial charge in [0.05, 0.1) is 24.4 Å². The van der Waals surface area contributed by atoms with Gasteiger partial charge in [0, 0.05) is 16.8 Å². The molecule has 0 fully saturated rings. The van der Waals surface area contributed by atoms with Crippen LogP contribution < -0.4 is 9.64 Å². The van der Waals surface area contributed by atoms with Crippen molar-refractivity contribution in [2.45, 2.75) is 13.0 Å². The van der Waals surface area contributed by atoms with Crippen molar-refractivity contribution in [2.24, 2.45) is 0 Å². The number of ether oxygens (including phenoxy) is 1. The average Bonchev–Trinajstić information content (AvgIpc) is 3.39. The molecule has 0 aliphatic carbocycles. The summed E-state index contributed by atoms with van der Waals surface area (Å²) in [6.07, 6.45) is 0. The summed E-state index contributed by atoms with van der Waals surface area (Å²) in [5.74, 6) is -0.525. The zero-order valence-electron chi connectivity index (χ0n) is 18.1. The van der Waals surface area contributed by atoms with Crippen LogP contribution in [0.2, 0.25) is 0 Å². The number of hydrogen-bond donors (Lipinski definition) is 2. The molecule has 0 saturated heterocycles. The first kappa shape index (κ1) is 20.5. The molecule has 0 saturated carbocycles. The Hall–Kier alpha value is -4.39. The third kappa shape index (κ3) is 3.43. The van der Waals surface area contributed by atoms with Gasteiger partial charge in [0.1, 0.15) is 11.4 Å². The molecule has 1 atom stereocenters. The molecular weight excluding hydrogens is 418 g/mol. The number of methoxy groups -OCH3 is 1. The largest absolute Gasteiger partial charge is 0.497 e. The minimum absolute atomic E-state index is 0.159. The number of carbonyl (C=O) groups excluding carboxylic acids is 1. The van der Waals surface area contributed by atoms with Crippen LogP contribution in [0.25, 0.3) is 11.3 Å². The van der Waals surface area contributed by atoms with E-state index in [-0.39, 0.29) is 11.5 Å². The molecule has 4 aromatic rings. The van der Waals surface area contributed by atoms with Gasteiger partial charge < -0.3 is 9.84 Å². The Balaban J connectivity index is 1.67. The fraction of sp³-hybridized carbons (Fsp3) is 0.115. The molecule has 3 aromatic carbocycles. The molecule has 0 spiro atoms. The third-order valence-corrected chi connectivity index (χ3v) is 5.92. The van der Waals surface area contributed by atoms with Crippen LogP contribution in [0, 0.1) is 6.92 Å². The number of aromatic carboxylic acids is 1. The summed E-state index contributed by atoms with van der Waals surface area (Å²) in [4.78, 5) is 26.5. The van der Waals surface area contributed by atoms with Crippen LogP contribution in [-0.2, 0) is 0 Å². The van der Waals surface area contributed by atoms with E-state index in [4.69, 9.17) is 4.74 Å². The summed E-state index contributed by atoms with van der Waals surface area (Å²) >= 11 is 0. The number of aryl methyl sites for hydroxylation is 1. The van der Waals surface area contributed by atoms with Gasteiger partial charge in [-0.3, -0.25) is 14.8 Å². The Bertz CT molecular complexity index is 1340. The molecule has 33 heavy (non-hydrogen) atoms. The molecule has 1 aliphatic heterocycles. The van der Waals surface area contributed by atoms with E-state index in [1.165, 1.54) is 12.1 Å². The van der Waals surface area contributed by atoms with Crippen molar-refractivity contribution in [3.8, 4) is 17.0 Å². The lowest BCUT2D eigenvalue weighted by Gasteiger charge is -2.26. The Labute approximate surface area is 190 Å². The number of hydrogen-bond acceptors (Lipinski definition) is 4. The zero-order valence-corrected chi connectivity index (χ0v) is 18.1. The van der Waals surface area contributed by atoms with Crippen molar-refractivity contribution in [3.05, 3.63) is 101 Å². The topological polar surface area (TPSA) is 95.5 Å². The summed E-state index contributed by atoms with van der Waals surface area (Å²) in [5.41, 5.74) is 5.62. The number of aromatic amines is 1. The number of amides is 1. The van der Waals surface area contributed by atoms with E-state index in [1.807, 2.05) is 55.5 Å². The first-order valence-corrected chi connectivity index (χ1v) is 10.4. The highest BCUT2D eigenvalue weighted by Gasteiger charge is 2.43. The van der Waals surface area contributed by atoms with Gasteiger partial charge in [-0.05, 0) is 48.9 Å². The highest BCUT2D eigenvalue weighted by molar-refractivity contribution is 6.11. The zero-order chi connectivity index (χ0) is 23.1. The van der Waals surface area contributed by atoms with Gasteiger partial charge in [0.15, 0.2) is 0 Å². The van der Waals surface area contributed by atoms with Crippen molar-refractivity contribution in [1.82, 2.24) is 10.2 Å². The van der Waals surface area contributed by atoms with Crippen LogP contribution in [0.3, 0.4) is 0 Å². The van der Waals surface area contributed by atoms with Crippen molar-refractivity contribution in [1.29, 1.82) is 0 Å². The van der Waals surface area contributed by atoms with Crippen LogP contribution in [0.4, 0.5) is 5.69 Å². The normalized spacial score (nSPS) is 14.9. The van der Waals surface area contributed by atoms with Crippen LogP contribution >= 0.6 is 0 Å². The number of fused-ring (bicyclic) bond motifs is 1. The Morgan fingerprint density at radius 1 is 1.00 bits per heavy atom. The number of nitrogens with zero attached hydrogens (tertiary/aromatic N) is 2. The second kappa shape index (κ2) is 7.94. The summed E-state index contributed by atoms with van der Waals surface area (Å²) in [6, 6.07) is 21.4. The number of benzene rings is 3. The standard InChI is InChI=1S/C26H21N3O4/c1-15-3-5-16(6-4-15)22-21-23(28-27-22)25(30)29(19-11-7-18(8-12-19)26(31)32)24(21)17-9-13-20(33-2)14-10-17/h3-14,24H,1-2H3,(H,27,28)(H,31,32). The number of carboxylic acids is 1. The maximum Gasteiger partial charge on any atom is 0.335 e. The molecule has 0 radical (unpaired) electrons. The van der Waals surface area contributed by atoms with E-state index < -0.39 is 12.0 Å². The van der Waals surface area contributed by atoms with Gasteiger partial charge in [0.2, 0.25) is 0 Å². The van der Waals surface area contributed by atoms with E-state index in [9.17, 15) is 14.7 Å². The summed E-state index contributed by atoms with van der Waals surface area (Å²) in [7, 11) is 1.61. The lowest BCUT2D eigenvalue weighted by atomic mass is 9.95. The molecule has 1 aromatic heterocycles. The molecule has 1 aliphatic rings. The van der Waals surface area contributed by atoms with E-state index in [1.54, 1.807) is 24.1 Å². The molecule has 7 heteroatoms. The van der Waals surface area contributed by atoms with Crippen molar-refractivity contribution in [3.63, 3.8) is 0 Å². The number of aromatic nitrogens is 2. The van der Waals surface area contributed by atoms with Gasteiger partial charge in [-0.25, -0.2) is 4.79 Å². The molecule has 0 bridgehead atoms. The number of carbonyl (C=O) groups is 2. The number of anilines is 1. The minimum atomic E-state index is -1.02. The second-order valence-corrected chi connectivity index (χ2v) is 7.93. The molecule has 2 heterocycles. The van der Waals surface area contributed by atoms with Crippen molar-refractivity contribution >= 4 is 17.6 Å². The minimum Gasteiger partial charge on any atom is -0.497 e. The number of rotatable bonds is 5. The molecule has 164 valence electrons. The molecule has 1 unspecified atom stereocenters. The van der Waals surface area contributed by atoms with Gasteiger partial charge in [-0.15, -0.1) is 0 Å². The van der Waals surface area contributed by atoms with Gasteiger partial charge in [-0.2, -0.15) is 5.10 Å². The van der Waals surface area contributed by atoms with E-state index >= 15 is 0 Å². The number of carboxylic acid groups (broad SMARTS) is 1. The van der Waals surface area contributed by atoms with Crippen LogP contribution in [0.15, 0.2) is 72.8 Å². The third-order valence-electron chi connectivity index (χ3n) is 5.92. The van der Waals surface area contributed by atoms with Crippen molar-refractivity contribution < 1.29 is 19.4 Å². The lowest BCUT2D eigenvalue weighted by molar-refractivity contribution is 0.0696. The van der Waals surface area contributed by atoms with Crippen LogP contribution in [0.1, 0.15) is 43.6 Å². The Morgan fingerprint density at radius 2 is 1.67 bits per heavy atom. The molecule has 2 N–H and O–H groups in total. The van der Waals surface area contributed by atoms with Crippen molar-refractivity contribution in [2.75, 3.05) is 12.0 Å². The smallest absolute Gasteiger partial charge is 0.335 e. The van der Waals surface area contributed by atoms with Crippen LogP contribution in [-0.4, -0.2) is 34.3 Å². The molecular formula is C26H21N3O4. The first-order chi connectivity index (χ1) is 16.0. The monoisotopic (exact) mass is 439 g/mol. The van der Waals surface area contributed by atoms with E-state index in [0.29, 0.717) is 22.8 Å². The molecule has 7 nitrogen and oxygen atoms in total.